The van der Waals surface area contributed by atoms with E-state index in [-0.39, 0.29) is 53.5 Å². The zero-order valence-corrected chi connectivity index (χ0v) is 39.9. The maximum absolute atomic E-state index is 14.5. The first kappa shape index (κ1) is 47.1. The first-order valence-electron chi connectivity index (χ1n) is 23.1. The Labute approximate surface area is 396 Å². The molecule has 0 saturated carbocycles. The molecule has 2 aromatic carbocycles. The fraction of sp³-hybridized carbons (Fsp3) is 0.500. The number of nitrogens with zero attached hydrogens (tertiary/aromatic N) is 9. The van der Waals surface area contributed by atoms with Crippen LogP contribution in [0.25, 0.3) is 0 Å². The number of anilines is 4. The van der Waals surface area contributed by atoms with Gasteiger partial charge >= 0.3 is 0 Å². The molecule has 0 spiro atoms. The second-order valence-electron chi connectivity index (χ2n) is 18.4. The van der Waals surface area contributed by atoms with E-state index in [1.54, 1.807) is 17.0 Å². The molecule has 18 heteroatoms. The number of benzene rings is 2. The summed E-state index contributed by atoms with van der Waals surface area (Å²) in [5.41, 5.74) is 3.64. The van der Waals surface area contributed by atoms with E-state index in [9.17, 15) is 19.2 Å². The van der Waals surface area contributed by atoms with E-state index in [1.807, 2.05) is 67.0 Å². The van der Waals surface area contributed by atoms with Crippen LogP contribution in [0.4, 0.5) is 23.3 Å². The van der Waals surface area contributed by atoms with Crippen LogP contribution >= 0.6 is 23.2 Å². The normalized spacial score (nSPS) is 20.2. The van der Waals surface area contributed by atoms with Crippen LogP contribution in [0.3, 0.4) is 0 Å². The van der Waals surface area contributed by atoms with E-state index >= 15 is 0 Å². The minimum Gasteiger partial charge on any atom is -0.353 e. The Hall–Kier alpha value is -5.42. The Kier molecular flexibility index (Phi) is 14.7. The SMILES string of the molecule is CC(C)NC[C@@H](C(=O)N1CCN(c2ncnc3c2C(C)CC(=O)N3CC(C)NC[C@@H](C(=O)N2CCN(c3ncnc4c3[C@H](C)CC(=O)N4)CC2)c2ccc(Cl)cc2)CC1)c1ccc(Cl)cc1. The summed E-state index contributed by atoms with van der Waals surface area (Å²) in [6, 6.07) is 15.0. The van der Waals surface area contributed by atoms with E-state index in [2.05, 4.69) is 49.6 Å². The average Bonchev–Trinajstić information content (AvgIpc) is 3.31. The van der Waals surface area contributed by atoms with Gasteiger partial charge in [-0.3, -0.25) is 24.1 Å². The summed E-state index contributed by atoms with van der Waals surface area (Å²) in [4.78, 5) is 82.9. The van der Waals surface area contributed by atoms with Crippen LogP contribution in [0.5, 0.6) is 0 Å². The third-order valence-corrected chi connectivity index (χ3v) is 13.8. The van der Waals surface area contributed by atoms with Crippen molar-refractivity contribution in [1.82, 2.24) is 40.4 Å². The minimum atomic E-state index is -0.505. The Morgan fingerprint density at radius 3 is 1.65 bits per heavy atom. The average molecular weight is 940 g/mol. The number of hydrogen-bond acceptors (Lipinski definition) is 12. The third-order valence-electron chi connectivity index (χ3n) is 13.3. The smallest absolute Gasteiger partial charge is 0.231 e. The lowest BCUT2D eigenvalue weighted by atomic mass is 9.92. The van der Waals surface area contributed by atoms with Crippen LogP contribution in [0.2, 0.25) is 10.0 Å². The Morgan fingerprint density at radius 1 is 0.652 bits per heavy atom. The molecule has 2 unspecified atom stereocenters. The molecule has 3 N–H and O–H groups in total. The first-order valence-corrected chi connectivity index (χ1v) is 23.9. The van der Waals surface area contributed by atoms with Crippen LogP contribution in [0.1, 0.15) is 93.4 Å². The molecule has 4 aliphatic heterocycles. The number of aromatic nitrogens is 4. The van der Waals surface area contributed by atoms with Gasteiger partial charge < -0.3 is 35.6 Å². The zero-order valence-electron chi connectivity index (χ0n) is 38.3. The van der Waals surface area contributed by atoms with Crippen LogP contribution in [-0.4, -0.2) is 137 Å². The molecule has 2 fully saturated rings. The van der Waals surface area contributed by atoms with Crippen molar-refractivity contribution < 1.29 is 19.2 Å². The topological polar surface area (TPSA) is 172 Å². The zero-order chi connectivity index (χ0) is 46.6. The first-order chi connectivity index (χ1) is 31.7. The van der Waals surface area contributed by atoms with E-state index < -0.39 is 5.92 Å². The lowest BCUT2D eigenvalue weighted by Gasteiger charge is -2.40. The molecule has 4 aliphatic rings. The van der Waals surface area contributed by atoms with E-state index in [1.165, 1.54) is 12.7 Å². The van der Waals surface area contributed by atoms with Crippen molar-refractivity contribution in [2.45, 2.75) is 83.2 Å². The van der Waals surface area contributed by atoms with Gasteiger partial charge in [0.1, 0.15) is 35.9 Å². The minimum absolute atomic E-state index is 0.00199. The van der Waals surface area contributed by atoms with Gasteiger partial charge in [0.25, 0.3) is 0 Å². The van der Waals surface area contributed by atoms with E-state index in [4.69, 9.17) is 33.2 Å². The molecule has 4 amide bonds. The van der Waals surface area contributed by atoms with Gasteiger partial charge in [-0.05, 0) is 54.2 Å². The number of rotatable bonds is 14. The number of halogens is 2. The van der Waals surface area contributed by atoms with Crippen molar-refractivity contribution in [1.29, 1.82) is 0 Å². The number of nitrogens with one attached hydrogen (secondary N) is 3. The number of hydrogen-bond donors (Lipinski definition) is 3. The molecular weight excluding hydrogens is 880 g/mol. The second kappa shape index (κ2) is 20.6. The molecule has 4 aromatic rings. The highest BCUT2D eigenvalue weighted by atomic mass is 35.5. The number of carbonyl (C=O) groups excluding carboxylic acids is 4. The molecule has 8 rings (SSSR count). The van der Waals surface area contributed by atoms with Gasteiger partial charge in [-0.1, -0.05) is 75.2 Å². The molecular formula is C48H60Cl2N12O4. The Bertz CT molecular complexity index is 2390. The molecule has 0 aliphatic carbocycles. The van der Waals surface area contributed by atoms with Crippen molar-refractivity contribution in [3.05, 3.63) is 93.5 Å². The molecule has 0 bridgehead atoms. The molecule has 66 heavy (non-hydrogen) atoms. The second-order valence-corrected chi connectivity index (χ2v) is 19.2. The predicted molar refractivity (Wildman–Crippen MR) is 258 cm³/mol. The summed E-state index contributed by atoms with van der Waals surface area (Å²) >= 11 is 12.5. The molecule has 6 heterocycles. The van der Waals surface area contributed by atoms with Gasteiger partial charge in [-0.2, -0.15) is 0 Å². The van der Waals surface area contributed by atoms with Gasteiger partial charge in [0.05, 0.1) is 11.8 Å². The Morgan fingerprint density at radius 2 is 1.12 bits per heavy atom. The van der Waals surface area contributed by atoms with Crippen LogP contribution in [0, 0.1) is 0 Å². The van der Waals surface area contributed by atoms with Gasteiger partial charge in [-0.25, -0.2) is 19.9 Å². The van der Waals surface area contributed by atoms with Crippen molar-refractivity contribution in [2.24, 2.45) is 0 Å². The van der Waals surface area contributed by atoms with Gasteiger partial charge in [0.15, 0.2) is 0 Å². The maximum Gasteiger partial charge on any atom is 0.231 e. The highest BCUT2D eigenvalue weighted by Gasteiger charge is 2.38. The number of amides is 4. The van der Waals surface area contributed by atoms with Crippen LogP contribution < -0.4 is 30.7 Å². The third kappa shape index (κ3) is 10.4. The van der Waals surface area contributed by atoms with Crippen LogP contribution in [0.15, 0.2) is 61.2 Å². The number of fused-ring (bicyclic) bond motifs is 2. The lowest BCUT2D eigenvalue weighted by molar-refractivity contribution is -0.133. The summed E-state index contributed by atoms with van der Waals surface area (Å²) in [7, 11) is 0. The van der Waals surface area contributed by atoms with Gasteiger partial charge in [0, 0.05) is 118 Å². The Balaban J connectivity index is 0.921. The largest absolute Gasteiger partial charge is 0.353 e. The predicted octanol–water partition coefficient (Wildman–Crippen LogP) is 5.40. The fourth-order valence-electron chi connectivity index (χ4n) is 9.64. The molecule has 2 saturated heterocycles. The summed E-state index contributed by atoms with van der Waals surface area (Å²) in [6.45, 7) is 15.9. The van der Waals surface area contributed by atoms with E-state index in [0.29, 0.717) is 107 Å². The van der Waals surface area contributed by atoms with Crippen molar-refractivity contribution in [3.8, 4) is 0 Å². The van der Waals surface area contributed by atoms with Crippen molar-refractivity contribution in [2.75, 3.05) is 92.0 Å². The van der Waals surface area contributed by atoms with Crippen molar-refractivity contribution >= 4 is 70.1 Å². The summed E-state index contributed by atoms with van der Waals surface area (Å²) in [5.74, 6) is 1.80. The highest BCUT2D eigenvalue weighted by Crippen LogP contribution is 2.40. The van der Waals surface area contributed by atoms with Crippen molar-refractivity contribution in [3.63, 3.8) is 0 Å². The number of piperazine rings is 2. The van der Waals surface area contributed by atoms with Gasteiger partial charge in [-0.15, -0.1) is 0 Å². The maximum atomic E-state index is 14.5. The quantitative estimate of drug-likeness (QED) is 0.147. The van der Waals surface area contributed by atoms with Gasteiger partial charge in [0.2, 0.25) is 23.6 Å². The monoisotopic (exact) mass is 938 g/mol. The molecule has 0 radical (unpaired) electrons. The molecule has 350 valence electrons. The fourth-order valence-corrected chi connectivity index (χ4v) is 9.89. The highest BCUT2D eigenvalue weighted by molar-refractivity contribution is 6.30. The molecule has 5 atom stereocenters. The van der Waals surface area contributed by atoms with Crippen LogP contribution in [-0.2, 0) is 19.2 Å². The number of carbonyl (C=O) groups is 4. The molecule has 2 aromatic heterocycles. The molecule has 16 nitrogen and oxygen atoms in total. The van der Waals surface area contributed by atoms with E-state index in [0.717, 1.165) is 33.9 Å². The lowest BCUT2D eigenvalue weighted by Crippen LogP contribution is -2.52. The standard InChI is InChI=1S/C48H60Cl2N12O4/c1-29(2)51-24-37(33-6-10-35(49)11-7-33)47(65)60-20-16-59(17-21-60)45-42-31(4)23-40(64)62(46(42)56-28-55-45)26-32(5)52-25-38(34-8-12-36(50)13-9-34)48(66)61-18-14-58(15-19-61)44-41-30(3)22-39(63)57-43(41)53-27-54-44/h6-13,27-32,37-38,51-52H,14-26H2,1-5H3,(H,53,54,57,63)/t30-,31?,32?,37-,38-/m1/s1. The summed E-state index contributed by atoms with van der Waals surface area (Å²) in [5, 5.41) is 11.2. The summed E-state index contributed by atoms with van der Waals surface area (Å²) in [6.07, 6.45) is 3.70. The summed E-state index contributed by atoms with van der Waals surface area (Å²) < 4.78 is 0.